The van der Waals surface area contributed by atoms with Crippen molar-refractivity contribution in [2.24, 2.45) is 5.92 Å². The highest BCUT2D eigenvalue weighted by molar-refractivity contribution is 9.09. The number of benzene rings is 1. The lowest BCUT2D eigenvalue weighted by atomic mass is 9.92. The number of hydrogen-bond donors (Lipinski definition) is 0. The average molecular weight is 323 g/mol. The van der Waals surface area contributed by atoms with Crippen molar-refractivity contribution in [3.63, 3.8) is 0 Å². The van der Waals surface area contributed by atoms with Crippen LogP contribution in [0.2, 0.25) is 0 Å². The van der Waals surface area contributed by atoms with Crippen molar-refractivity contribution in [2.75, 3.05) is 0 Å². The number of hydrogen-bond acceptors (Lipinski definition) is 1. The van der Waals surface area contributed by atoms with Crippen LogP contribution in [0.25, 0.3) is 10.1 Å². The van der Waals surface area contributed by atoms with Crippen LogP contribution in [0.1, 0.15) is 37.7 Å². The maximum absolute atomic E-state index is 3.84. The van der Waals surface area contributed by atoms with Crippen LogP contribution in [-0.4, -0.2) is 4.83 Å². The molecule has 2 unspecified atom stereocenters. The molecular weight excluding hydrogens is 304 g/mol. The summed E-state index contributed by atoms with van der Waals surface area (Å²) in [5.41, 5.74) is 1.57. The average Bonchev–Trinajstić information content (AvgIpc) is 2.66. The number of fused-ring (bicyclic) bond motifs is 1. The predicted molar refractivity (Wildman–Crippen MR) is 84.8 cm³/mol. The Balaban J connectivity index is 1.79. The van der Waals surface area contributed by atoms with Gasteiger partial charge in [-0.25, -0.2) is 0 Å². The van der Waals surface area contributed by atoms with E-state index in [1.54, 1.807) is 5.56 Å². The third kappa shape index (κ3) is 2.80. The molecule has 0 aliphatic heterocycles. The van der Waals surface area contributed by atoms with Crippen LogP contribution in [0, 0.1) is 5.92 Å². The lowest BCUT2D eigenvalue weighted by Gasteiger charge is -2.15. The first-order valence-electron chi connectivity index (χ1n) is 6.92. The SMILES string of the molecule is BrC1CCCCC(Cc2csc3ccccc23)C1. The van der Waals surface area contributed by atoms with Crippen LogP contribution < -0.4 is 0 Å². The molecule has 3 rings (SSSR count). The summed E-state index contributed by atoms with van der Waals surface area (Å²) in [5.74, 6) is 0.870. The second-order valence-electron chi connectivity index (χ2n) is 5.44. The minimum atomic E-state index is 0.745. The van der Waals surface area contributed by atoms with Crippen molar-refractivity contribution in [1.82, 2.24) is 0 Å². The standard InChI is InChI=1S/C16H19BrS/c17-14-6-2-1-5-12(10-14)9-13-11-18-16-8-4-3-7-15(13)16/h3-4,7-8,11-12,14H,1-2,5-6,9-10H2. The molecule has 1 fully saturated rings. The monoisotopic (exact) mass is 322 g/mol. The van der Waals surface area contributed by atoms with Crippen molar-refractivity contribution in [2.45, 2.75) is 43.4 Å². The van der Waals surface area contributed by atoms with Gasteiger partial charge in [0.1, 0.15) is 0 Å². The lowest BCUT2D eigenvalue weighted by molar-refractivity contribution is 0.465. The summed E-state index contributed by atoms with van der Waals surface area (Å²) < 4.78 is 1.44. The molecule has 1 heterocycles. The highest BCUT2D eigenvalue weighted by Crippen LogP contribution is 2.33. The third-order valence-corrected chi connectivity index (χ3v) is 5.88. The smallest absolute Gasteiger partial charge is 0.0345 e. The minimum absolute atomic E-state index is 0.745. The molecule has 0 saturated heterocycles. The lowest BCUT2D eigenvalue weighted by Crippen LogP contribution is -2.08. The maximum atomic E-state index is 3.84. The summed E-state index contributed by atoms with van der Waals surface area (Å²) in [4.78, 5) is 0.745. The number of alkyl halides is 1. The minimum Gasteiger partial charge on any atom is -0.144 e. The van der Waals surface area contributed by atoms with Crippen LogP contribution in [0.5, 0.6) is 0 Å². The van der Waals surface area contributed by atoms with E-state index in [9.17, 15) is 0 Å². The zero-order valence-corrected chi connectivity index (χ0v) is 13.0. The van der Waals surface area contributed by atoms with Crippen LogP contribution in [0.4, 0.5) is 0 Å². The van der Waals surface area contributed by atoms with Crippen LogP contribution in [0.3, 0.4) is 0 Å². The van der Waals surface area contributed by atoms with Crippen molar-refractivity contribution >= 4 is 37.4 Å². The van der Waals surface area contributed by atoms with Gasteiger partial charge in [-0.1, -0.05) is 53.4 Å². The van der Waals surface area contributed by atoms with E-state index in [1.807, 2.05) is 11.3 Å². The zero-order valence-electron chi connectivity index (χ0n) is 10.6. The molecule has 1 aliphatic rings. The van der Waals surface area contributed by atoms with Crippen LogP contribution in [-0.2, 0) is 6.42 Å². The molecule has 1 saturated carbocycles. The van der Waals surface area contributed by atoms with Crippen LogP contribution >= 0.6 is 27.3 Å². The first-order valence-corrected chi connectivity index (χ1v) is 8.71. The van der Waals surface area contributed by atoms with Gasteiger partial charge >= 0.3 is 0 Å². The van der Waals surface area contributed by atoms with E-state index in [0.29, 0.717) is 0 Å². The third-order valence-electron chi connectivity index (χ3n) is 4.04. The van der Waals surface area contributed by atoms with Crippen molar-refractivity contribution in [1.29, 1.82) is 0 Å². The molecule has 0 spiro atoms. The number of rotatable bonds is 2. The molecule has 18 heavy (non-hydrogen) atoms. The number of thiophene rings is 1. The Kier molecular flexibility index (Phi) is 4.05. The summed E-state index contributed by atoms with van der Waals surface area (Å²) in [6, 6.07) is 8.83. The van der Waals surface area contributed by atoms with Gasteiger partial charge in [0.15, 0.2) is 0 Å². The highest BCUT2D eigenvalue weighted by atomic mass is 79.9. The van der Waals surface area contributed by atoms with Gasteiger partial charge < -0.3 is 0 Å². The molecule has 1 aromatic carbocycles. The fraction of sp³-hybridized carbons (Fsp3) is 0.500. The largest absolute Gasteiger partial charge is 0.144 e. The molecule has 0 radical (unpaired) electrons. The fourth-order valence-corrected chi connectivity index (χ4v) is 4.91. The quantitative estimate of drug-likeness (QED) is 0.485. The molecule has 2 aromatic rings. The molecule has 0 bridgehead atoms. The summed E-state index contributed by atoms with van der Waals surface area (Å²) in [5, 5.41) is 3.86. The van der Waals surface area contributed by atoms with E-state index in [0.717, 1.165) is 10.7 Å². The highest BCUT2D eigenvalue weighted by Gasteiger charge is 2.19. The second-order valence-corrected chi connectivity index (χ2v) is 7.65. The van der Waals surface area contributed by atoms with Gasteiger partial charge in [0, 0.05) is 9.53 Å². The van der Waals surface area contributed by atoms with E-state index in [4.69, 9.17) is 0 Å². The molecule has 2 heteroatoms. The van der Waals surface area contributed by atoms with E-state index < -0.39 is 0 Å². The van der Waals surface area contributed by atoms with Gasteiger partial charge in [0.2, 0.25) is 0 Å². The Morgan fingerprint density at radius 1 is 1.17 bits per heavy atom. The summed E-state index contributed by atoms with van der Waals surface area (Å²) in [6.07, 6.45) is 8.20. The van der Waals surface area contributed by atoms with Crippen molar-refractivity contribution in [3.8, 4) is 0 Å². The Morgan fingerprint density at radius 2 is 2.00 bits per heavy atom. The van der Waals surface area contributed by atoms with E-state index >= 15 is 0 Å². The zero-order chi connectivity index (χ0) is 12.4. The molecule has 2 atom stereocenters. The van der Waals surface area contributed by atoms with Gasteiger partial charge in [0.25, 0.3) is 0 Å². The normalized spacial score (nSPS) is 25.2. The topological polar surface area (TPSA) is 0 Å². The molecular formula is C16H19BrS. The van der Waals surface area contributed by atoms with Gasteiger partial charge in [-0.05, 0) is 47.6 Å². The van der Waals surface area contributed by atoms with Gasteiger partial charge in [-0.3, -0.25) is 0 Å². The Labute approximate surface area is 122 Å². The Bertz CT molecular complexity index is 517. The maximum Gasteiger partial charge on any atom is 0.0345 e. The van der Waals surface area contributed by atoms with Gasteiger partial charge in [-0.2, -0.15) is 0 Å². The molecule has 0 N–H and O–H groups in total. The van der Waals surface area contributed by atoms with Gasteiger partial charge in [-0.15, -0.1) is 11.3 Å². The van der Waals surface area contributed by atoms with Gasteiger partial charge in [0.05, 0.1) is 0 Å². The molecule has 0 nitrogen and oxygen atoms in total. The molecule has 96 valence electrons. The molecule has 0 amide bonds. The summed E-state index contributed by atoms with van der Waals surface area (Å²) >= 11 is 5.73. The van der Waals surface area contributed by atoms with E-state index in [2.05, 4.69) is 45.6 Å². The predicted octanol–water partition coefficient (Wildman–Crippen LogP) is 5.79. The Morgan fingerprint density at radius 3 is 2.94 bits per heavy atom. The first kappa shape index (κ1) is 12.7. The van der Waals surface area contributed by atoms with E-state index in [-0.39, 0.29) is 0 Å². The first-order chi connectivity index (χ1) is 8.83. The number of halogens is 1. The Hall–Kier alpha value is -0.340. The summed E-state index contributed by atoms with van der Waals surface area (Å²) in [7, 11) is 0. The molecule has 1 aliphatic carbocycles. The molecule has 1 aromatic heterocycles. The van der Waals surface area contributed by atoms with E-state index in [1.165, 1.54) is 48.6 Å². The van der Waals surface area contributed by atoms with Crippen molar-refractivity contribution < 1.29 is 0 Å². The summed E-state index contributed by atoms with van der Waals surface area (Å²) in [6.45, 7) is 0. The second kappa shape index (κ2) is 5.75. The van der Waals surface area contributed by atoms with Crippen LogP contribution in [0.15, 0.2) is 29.6 Å². The van der Waals surface area contributed by atoms with Crippen molar-refractivity contribution in [3.05, 3.63) is 35.2 Å². The fourth-order valence-electron chi connectivity index (χ4n) is 3.08.